The lowest BCUT2D eigenvalue weighted by atomic mass is 9.74. The highest BCUT2D eigenvalue weighted by molar-refractivity contribution is 5.84. The molecule has 0 aromatic heterocycles. The van der Waals surface area contributed by atoms with Gasteiger partial charge in [0.25, 0.3) is 0 Å². The molecule has 1 nitrogen and oxygen atoms in total. The normalized spacial score (nSPS) is 13.7. The van der Waals surface area contributed by atoms with Crippen molar-refractivity contribution in [1.82, 2.24) is 0 Å². The van der Waals surface area contributed by atoms with E-state index in [1.165, 1.54) is 0 Å². The van der Waals surface area contributed by atoms with Gasteiger partial charge in [-0.25, -0.2) is 0 Å². The summed E-state index contributed by atoms with van der Waals surface area (Å²) in [5, 5.41) is 0. The van der Waals surface area contributed by atoms with Crippen molar-refractivity contribution in [3.05, 3.63) is 35.9 Å². The maximum Gasteiger partial charge on any atom is 0.137 e. The Labute approximate surface area is 86.1 Å². The highest BCUT2D eigenvalue weighted by Crippen LogP contribution is 2.35. The maximum absolute atomic E-state index is 11.6. The molecule has 1 heteroatoms. The molecule has 0 fully saturated rings. The van der Waals surface area contributed by atoms with E-state index in [1.807, 2.05) is 30.3 Å². The van der Waals surface area contributed by atoms with Gasteiger partial charge in [0.15, 0.2) is 0 Å². The first-order valence-electron chi connectivity index (χ1n) is 4.98. The summed E-state index contributed by atoms with van der Waals surface area (Å²) in [5.74, 6) is 0.243. The minimum atomic E-state index is -0.00676. The summed E-state index contributed by atoms with van der Waals surface area (Å²) in [4.78, 5) is 11.6. The summed E-state index contributed by atoms with van der Waals surface area (Å²) in [6.07, 6.45) is 0. The molecule has 0 aliphatic carbocycles. The van der Waals surface area contributed by atoms with E-state index in [0.29, 0.717) is 0 Å². The molecule has 1 aromatic rings. The van der Waals surface area contributed by atoms with Crippen LogP contribution in [0, 0.1) is 5.41 Å². The smallest absolute Gasteiger partial charge is 0.137 e. The Balaban J connectivity index is 3.08. The monoisotopic (exact) mass is 190 g/mol. The van der Waals surface area contributed by atoms with E-state index in [1.54, 1.807) is 6.92 Å². The van der Waals surface area contributed by atoms with Crippen molar-refractivity contribution in [3.63, 3.8) is 0 Å². The van der Waals surface area contributed by atoms with Crippen LogP contribution < -0.4 is 0 Å². The van der Waals surface area contributed by atoms with E-state index in [-0.39, 0.29) is 17.1 Å². The molecule has 0 amide bonds. The molecule has 0 spiro atoms. The summed E-state index contributed by atoms with van der Waals surface area (Å²) in [7, 11) is 0. The molecule has 0 aliphatic rings. The number of carbonyl (C=O) groups is 1. The molecule has 0 unspecified atom stereocenters. The van der Waals surface area contributed by atoms with Crippen LogP contribution in [0.15, 0.2) is 30.3 Å². The van der Waals surface area contributed by atoms with Gasteiger partial charge in [0, 0.05) is 5.92 Å². The van der Waals surface area contributed by atoms with E-state index in [2.05, 4.69) is 20.8 Å². The Morgan fingerprint density at radius 3 is 2.00 bits per heavy atom. The molecular formula is C13H18O. The highest BCUT2D eigenvalue weighted by atomic mass is 16.1. The van der Waals surface area contributed by atoms with Gasteiger partial charge in [0.2, 0.25) is 0 Å². The molecule has 0 saturated carbocycles. The van der Waals surface area contributed by atoms with Gasteiger partial charge in [0.1, 0.15) is 5.78 Å². The van der Waals surface area contributed by atoms with Crippen molar-refractivity contribution in [2.45, 2.75) is 33.6 Å². The van der Waals surface area contributed by atoms with Gasteiger partial charge >= 0.3 is 0 Å². The van der Waals surface area contributed by atoms with E-state index in [4.69, 9.17) is 0 Å². The second-order valence-corrected chi connectivity index (χ2v) is 4.82. The number of benzene rings is 1. The van der Waals surface area contributed by atoms with Crippen molar-refractivity contribution in [3.8, 4) is 0 Å². The third kappa shape index (κ3) is 2.44. The van der Waals surface area contributed by atoms with Gasteiger partial charge in [0.05, 0.1) is 0 Å². The van der Waals surface area contributed by atoms with E-state index in [0.717, 1.165) is 5.56 Å². The second-order valence-electron chi connectivity index (χ2n) is 4.82. The third-order valence-corrected chi connectivity index (χ3v) is 2.41. The van der Waals surface area contributed by atoms with Crippen LogP contribution in [-0.2, 0) is 4.79 Å². The number of rotatable bonds is 2. The summed E-state index contributed by atoms with van der Waals surface area (Å²) < 4.78 is 0. The molecular weight excluding hydrogens is 172 g/mol. The first-order chi connectivity index (χ1) is 6.43. The van der Waals surface area contributed by atoms with Crippen LogP contribution in [0.3, 0.4) is 0 Å². The molecule has 76 valence electrons. The largest absolute Gasteiger partial charge is 0.299 e. The Kier molecular flexibility index (Phi) is 3.10. The quantitative estimate of drug-likeness (QED) is 0.698. The van der Waals surface area contributed by atoms with Crippen LogP contribution in [0.1, 0.15) is 39.2 Å². The van der Waals surface area contributed by atoms with Crippen LogP contribution in [0.25, 0.3) is 0 Å². The molecule has 0 saturated heterocycles. The molecule has 0 aliphatic heterocycles. The molecule has 14 heavy (non-hydrogen) atoms. The Morgan fingerprint density at radius 2 is 1.64 bits per heavy atom. The van der Waals surface area contributed by atoms with Gasteiger partial charge in [-0.2, -0.15) is 0 Å². The predicted octanol–water partition coefficient (Wildman–Crippen LogP) is 3.41. The minimum absolute atomic E-state index is 0.00343. The van der Waals surface area contributed by atoms with E-state index >= 15 is 0 Å². The van der Waals surface area contributed by atoms with Gasteiger partial charge in [-0.3, -0.25) is 4.79 Å². The molecule has 1 rings (SSSR count). The highest BCUT2D eigenvalue weighted by Gasteiger charge is 2.29. The van der Waals surface area contributed by atoms with E-state index in [9.17, 15) is 4.79 Å². The van der Waals surface area contributed by atoms with Gasteiger partial charge < -0.3 is 0 Å². The number of ketones is 1. The fourth-order valence-corrected chi connectivity index (χ4v) is 1.99. The predicted molar refractivity (Wildman–Crippen MR) is 59.3 cm³/mol. The lowest BCUT2D eigenvalue weighted by Crippen LogP contribution is -2.24. The summed E-state index contributed by atoms with van der Waals surface area (Å²) in [6, 6.07) is 9.99. The zero-order chi connectivity index (χ0) is 10.8. The molecule has 1 aromatic carbocycles. The Morgan fingerprint density at radius 1 is 1.14 bits per heavy atom. The lowest BCUT2D eigenvalue weighted by molar-refractivity contribution is -0.120. The number of hydrogen-bond acceptors (Lipinski definition) is 1. The first-order valence-corrected chi connectivity index (χ1v) is 4.98. The molecule has 0 N–H and O–H groups in total. The van der Waals surface area contributed by atoms with Crippen LogP contribution in [0.4, 0.5) is 0 Å². The maximum atomic E-state index is 11.6. The average Bonchev–Trinajstić information content (AvgIpc) is 2.02. The fraction of sp³-hybridized carbons (Fsp3) is 0.462. The van der Waals surface area contributed by atoms with Crippen molar-refractivity contribution < 1.29 is 4.79 Å². The zero-order valence-electron chi connectivity index (χ0n) is 9.37. The van der Waals surface area contributed by atoms with Crippen molar-refractivity contribution in [2.75, 3.05) is 0 Å². The molecule has 0 heterocycles. The third-order valence-electron chi connectivity index (χ3n) is 2.41. The number of hydrogen-bond donors (Lipinski definition) is 0. The molecule has 0 bridgehead atoms. The summed E-state index contributed by atoms with van der Waals surface area (Å²) >= 11 is 0. The SMILES string of the molecule is CC(=O)[C@@H](c1ccccc1)C(C)(C)C. The van der Waals surface area contributed by atoms with Crippen molar-refractivity contribution in [1.29, 1.82) is 0 Å². The van der Waals surface area contributed by atoms with Gasteiger partial charge in [-0.1, -0.05) is 51.1 Å². The fourth-order valence-electron chi connectivity index (χ4n) is 1.99. The lowest BCUT2D eigenvalue weighted by Gasteiger charge is -2.28. The average molecular weight is 190 g/mol. The van der Waals surface area contributed by atoms with Crippen LogP contribution in [-0.4, -0.2) is 5.78 Å². The van der Waals surface area contributed by atoms with Gasteiger partial charge in [-0.15, -0.1) is 0 Å². The Bertz CT molecular complexity index is 306. The van der Waals surface area contributed by atoms with Gasteiger partial charge in [-0.05, 0) is 17.9 Å². The van der Waals surface area contributed by atoms with Crippen LogP contribution in [0.5, 0.6) is 0 Å². The molecule has 0 radical (unpaired) electrons. The Hall–Kier alpha value is -1.11. The molecule has 1 atom stereocenters. The number of carbonyl (C=O) groups excluding carboxylic acids is 1. The first kappa shape index (κ1) is 11.0. The van der Waals surface area contributed by atoms with Crippen LogP contribution in [0.2, 0.25) is 0 Å². The topological polar surface area (TPSA) is 17.1 Å². The van der Waals surface area contributed by atoms with Crippen molar-refractivity contribution >= 4 is 5.78 Å². The minimum Gasteiger partial charge on any atom is -0.299 e. The summed E-state index contributed by atoms with van der Waals surface area (Å²) in [5.41, 5.74) is 1.11. The van der Waals surface area contributed by atoms with E-state index < -0.39 is 0 Å². The van der Waals surface area contributed by atoms with Crippen molar-refractivity contribution in [2.24, 2.45) is 5.41 Å². The summed E-state index contributed by atoms with van der Waals surface area (Å²) in [6.45, 7) is 7.98. The standard InChI is InChI=1S/C13H18O/c1-10(14)12(13(2,3)4)11-8-6-5-7-9-11/h5-9,12H,1-4H3/t12-/m0/s1. The number of Topliss-reactive ketones (excluding diaryl/α,β-unsaturated/α-hetero) is 1. The second kappa shape index (κ2) is 3.95. The zero-order valence-corrected chi connectivity index (χ0v) is 9.37. The van der Waals surface area contributed by atoms with Crippen LogP contribution >= 0.6 is 0 Å².